The summed E-state index contributed by atoms with van der Waals surface area (Å²) in [5.41, 5.74) is 2.75. The lowest BCUT2D eigenvalue weighted by molar-refractivity contribution is -0.132. The van der Waals surface area contributed by atoms with Crippen molar-refractivity contribution in [1.82, 2.24) is 24.5 Å². The summed E-state index contributed by atoms with van der Waals surface area (Å²) in [5, 5.41) is 19.0. The second-order valence-corrected chi connectivity index (χ2v) is 6.87. The molecular weight excluding hydrogens is 306 g/mol. The molecule has 0 bridgehead atoms. The molecule has 1 aliphatic carbocycles. The van der Waals surface area contributed by atoms with Gasteiger partial charge in [0.25, 0.3) is 0 Å². The summed E-state index contributed by atoms with van der Waals surface area (Å²) in [6.07, 6.45) is 4.29. The van der Waals surface area contributed by atoms with Crippen LogP contribution in [0, 0.1) is 12.8 Å². The van der Waals surface area contributed by atoms with Crippen molar-refractivity contribution in [3.63, 3.8) is 0 Å². The van der Waals surface area contributed by atoms with E-state index in [-0.39, 0.29) is 12.5 Å². The van der Waals surface area contributed by atoms with Gasteiger partial charge in [0.1, 0.15) is 12.6 Å². The van der Waals surface area contributed by atoms with Crippen LogP contribution in [0.5, 0.6) is 0 Å². The maximum Gasteiger partial charge on any atom is 0.244 e. The Morgan fingerprint density at radius 2 is 2.25 bits per heavy atom. The van der Waals surface area contributed by atoms with Crippen LogP contribution in [0.3, 0.4) is 0 Å². The number of fused-ring (bicyclic) bond motifs is 1. The van der Waals surface area contributed by atoms with Gasteiger partial charge in [0, 0.05) is 25.0 Å². The second kappa shape index (κ2) is 6.05. The Kier molecular flexibility index (Phi) is 3.88. The Balaban J connectivity index is 1.48. The molecule has 7 nitrogen and oxygen atoms in total. The Bertz CT molecular complexity index is 746. The van der Waals surface area contributed by atoms with E-state index in [9.17, 15) is 9.90 Å². The van der Waals surface area contributed by atoms with Crippen LogP contribution < -0.4 is 0 Å². The van der Waals surface area contributed by atoms with Crippen molar-refractivity contribution in [3.8, 4) is 0 Å². The predicted octanol–water partition coefficient (Wildman–Crippen LogP) is 1.26. The van der Waals surface area contributed by atoms with Crippen LogP contribution in [-0.4, -0.2) is 42.0 Å². The average molecular weight is 329 g/mol. The molecule has 1 fully saturated rings. The highest BCUT2D eigenvalue weighted by Gasteiger charge is 2.33. The summed E-state index contributed by atoms with van der Waals surface area (Å²) >= 11 is 0. The van der Waals surface area contributed by atoms with Crippen LogP contribution in [0.4, 0.5) is 0 Å². The molecule has 0 radical (unpaired) electrons. The number of carbonyl (C=O) groups is 1. The van der Waals surface area contributed by atoms with Crippen LogP contribution in [0.15, 0.2) is 18.3 Å². The largest absolute Gasteiger partial charge is 0.386 e. The van der Waals surface area contributed by atoms with Gasteiger partial charge in [-0.1, -0.05) is 0 Å². The van der Waals surface area contributed by atoms with E-state index in [4.69, 9.17) is 0 Å². The van der Waals surface area contributed by atoms with E-state index in [1.54, 1.807) is 10.9 Å². The van der Waals surface area contributed by atoms with E-state index in [0.29, 0.717) is 12.5 Å². The summed E-state index contributed by atoms with van der Waals surface area (Å²) in [6.45, 7) is 4.28. The third-order valence-corrected chi connectivity index (χ3v) is 4.97. The fraction of sp³-hybridized carbons (Fsp3) is 0.588. The Labute approximate surface area is 140 Å². The first-order valence-electron chi connectivity index (χ1n) is 8.62. The normalized spacial score (nSPS) is 19.0. The van der Waals surface area contributed by atoms with Crippen molar-refractivity contribution in [2.24, 2.45) is 5.92 Å². The van der Waals surface area contributed by atoms with Gasteiger partial charge in [-0.05, 0) is 44.2 Å². The third kappa shape index (κ3) is 2.96. The molecule has 0 aromatic carbocycles. The van der Waals surface area contributed by atoms with Crippen molar-refractivity contribution in [3.05, 3.63) is 35.4 Å². The quantitative estimate of drug-likeness (QED) is 0.916. The molecule has 1 N–H and O–H groups in total. The van der Waals surface area contributed by atoms with Gasteiger partial charge in [0.15, 0.2) is 0 Å². The van der Waals surface area contributed by atoms with E-state index in [1.807, 2.05) is 28.6 Å². The standard InChI is InChI=1S/C17H23N5O2/c1-12-5-6-18-22(12)11-16(23)20-7-2-8-21-14(10-20)9-15(19-21)17(24)13-3-4-13/h5-6,9,13,17,24H,2-4,7-8,10-11H2,1H3/t17-/m1/s1. The SMILES string of the molecule is Cc1ccnn1CC(=O)N1CCCn2nc([C@H](O)C3CC3)cc2C1. The first kappa shape index (κ1) is 15.4. The number of aliphatic hydroxyl groups excluding tert-OH is 1. The second-order valence-electron chi connectivity index (χ2n) is 6.87. The van der Waals surface area contributed by atoms with Gasteiger partial charge in [-0.15, -0.1) is 0 Å². The smallest absolute Gasteiger partial charge is 0.244 e. The zero-order chi connectivity index (χ0) is 16.7. The summed E-state index contributed by atoms with van der Waals surface area (Å²) in [5.74, 6) is 0.436. The molecule has 0 saturated heterocycles. The highest BCUT2D eigenvalue weighted by Crippen LogP contribution is 2.40. The van der Waals surface area contributed by atoms with Crippen molar-refractivity contribution < 1.29 is 9.90 Å². The molecule has 7 heteroatoms. The molecule has 128 valence electrons. The highest BCUT2D eigenvalue weighted by molar-refractivity contribution is 5.76. The van der Waals surface area contributed by atoms with Crippen LogP contribution in [0.25, 0.3) is 0 Å². The number of rotatable bonds is 4. The number of carbonyl (C=O) groups excluding carboxylic acids is 1. The van der Waals surface area contributed by atoms with Crippen molar-refractivity contribution in [2.75, 3.05) is 6.54 Å². The molecule has 2 aliphatic rings. The van der Waals surface area contributed by atoms with E-state index in [0.717, 1.165) is 49.4 Å². The number of aryl methyl sites for hydroxylation is 2. The van der Waals surface area contributed by atoms with Gasteiger partial charge in [-0.2, -0.15) is 10.2 Å². The first-order valence-corrected chi connectivity index (χ1v) is 8.62. The third-order valence-electron chi connectivity index (χ3n) is 4.97. The molecule has 2 aromatic rings. The average Bonchev–Trinajstić information content (AvgIpc) is 3.28. The minimum Gasteiger partial charge on any atom is -0.386 e. The van der Waals surface area contributed by atoms with Gasteiger partial charge in [-0.3, -0.25) is 14.2 Å². The van der Waals surface area contributed by atoms with Crippen molar-refractivity contribution in [1.29, 1.82) is 0 Å². The maximum absolute atomic E-state index is 12.6. The van der Waals surface area contributed by atoms with E-state index in [2.05, 4.69) is 10.2 Å². The Hall–Kier alpha value is -2.15. The van der Waals surface area contributed by atoms with Gasteiger partial charge in [0.05, 0.1) is 17.9 Å². The van der Waals surface area contributed by atoms with Crippen LogP contribution in [0.1, 0.15) is 42.4 Å². The molecule has 1 amide bonds. The number of aromatic nitrogens is 4. The minimum absolute atomic E-state index is 0.0701. The Morgan fingerprint density at radius 3 is 2.96 bits per heavy atom. The van der Waals surface area contributed by atoms with E-state index >= 15 is 0 Å². The van der Waals surface area contributed by atoms with Gasteiger partial charge in [-0.25, -0.2) is 0 Å². The van der Waals surface area contributed by atoms with E-state index in [1.165, 1.54) is 0 Å². The molecule has 1 saturated carbocycles. The molecule has 0 spiro atoms. The molecule has 24 heavy (non-hydrogen) atoms. The number of nitrogens with zero attached hydrogens (tertiary/aromatic N) is 5. The fourth-order valence-corrected chi connectivity index (χ4v) is 3.29. The summed E-state index contributed by atoms with van der Waals surface area (Å²) in [7, 11) is 0. The molecule has 2 aromatic heterocycles. The maximum atomic E-state index is 12.6. The number of hydrogen-bond donors (Lipinski definition) is 1. The van der Waals surface area contributed by atoms with Crippen LogP contribution >= 0.6 is 0 Å². The molecule has 1 atom stereocenters. The monoisotopic (exact) mass is 329 g/mol. The molecule has 3 heterocycles. The summed E-state index contributed by atoms with van der Waals surface area (Å²) < 4.78 is 3.68. The van der Waals surface area contributed by atoms with E-state index < -0.39 is 6.10 Å². The lowest BCUT2D eigenvalue weighted by Crippen LogP contribution is -2.34. The summed E-state index contributed by atoms with van der Waals surface area (Å²) in [4.78, 5) is 14.5. The van der Waals surface area contributed by atoms with Crippen molar-refractivity contribution >= 4 is 5.91 Å². The van der Waals surface area contributed by atoms with Gasteiger partial charge in [0.2, 0.25) is 5.91 Å². The predicted molar refractivity (Wildman–Crippen MR) is 86.9 cm³/mol. The van der Waals surface area contributed by atoms with Crippen LogP contribution in [-0.2, 0) is 24.4 Å². The molecular formula is C17H23N5O2. The molecule has 0 unspecified atom stereocenters. The molecule has 1 aliphatic heterocycles. The molecule has 4 rings (SSSR count). The van der Waals surface area contributed by atoms with Gasteiger partial charge >= 0.3 is 0 Å². The lowest BCUT2D eigenvalue weighted by Gasteiger charge is -2.20. The number of amides is 1. The Morgan fingerprint density at radius 1 is 1.42 bits per heavy atom. The fourth-order valence-electron chi connectivity index (χ4n) is 3.29. The highest BCUT2D eigenvalue weighted by atomic mass is 16.3. The lowest BCUT2D eigenvalue weighted by atomic mass is 10.1. The number of aliphatic hydroxyl groups is 1. The zero-order valence-electron chi connectivity index (χ0n) is 13.9. The van der Waals surface area contributed by atoms with Crippen LogP contribution in [0.2, 0.25) is 0 Å². The topological polar surface area (TPSA) is 76.2 Å². The summed E-state index contributed by atoms with van der Waals surface area (Å²) in [6, 6.07) is 3.87. The first-order chi connectivity index (χ1) is 11.6. The van der Waals surface area contributed by atoms with Gasteiger partial charge < -0.3 is 10.0 Å². The number of hydrogen-bond acceptors (Lipinski definition) is 4. The van der Waals surface area contributed by atoms with Crippen molar-refractivity contribution in [2.45, 2.75) is 51.9 Å². The minimum atomic E-state index is -0.458. The zero-order valence-corrected chi connectivity index (χ0v) is 13.9.